The third-order valence-corrected chi connectivity index (χ3v) is 3.67. The van der Waals surface area contributed by atoms with E-state index in [4.69, 9.17) is 20.3 Å². The fourth-order valence-electron chi connectivity index (χ4n) is 2.23. The molecule has 0 aliphatic rings. The SMILES string of the molecule is CCCCOC(=O)CCC(N)(CCC(=O)O)CCC(=O)OC(C)(C)C. The summed E-state index contributed by atoms with van der Waals surface area (Å²) in [5.74, 6) is -1.70. The van der Waals surface area contributed by atoms with Crippen LogP contribution in [0, 0.1) is 0 Å². The molecule has 0 aromatic rings. The van der Waals surface area contributed by atoms with Crippen molar-refractivity contribution < 1.29 is 29.0 Å². The quantitative estimate of drug-likeness (QED) is 0.406. The van der Waals surface area contributed by atoms with E-state index in [1.54, 1.807) is 20.8 Å². The second-order valence-corrected chi connectivity index (χ2v) is 7.42. The van der Waals surface area contributed by atoms with Crippen molar-refractivity contribution in [2.24, 2.45) is 5.73 Å². The number of rotatable bonds is 12. The van der Waals surface area contributed by atoms with E-state index in [1.807, 2.05) is 6.92 Å². The Morgan fingerprint density at radius 3 is 1.96 bits per heavy atom. The Morgan fingerprint density at radius 2 is 1.48 bits per heavy atom. The molecule has 146 valence electrons. The normalized spacial score (nSPS) is 13.8. The molecule has 0 aromatic heterocycles. The van der Waals surface area contributed by atoms with E-state index in [0.717, 1.165) is 12.8 Å². The summed E-state index contributed by atoms with van der Waals surface area (Å²) in [5.41, 5.74) is 4.78. The number of carbonyl (C=O) groups excluding carboxylic acids is 2. The lowest BCUT2D eigenvalue weighted by Crippen LogP contribution is -2.42. The molecular formula is C18H33NO6. The molecule has 0 rings (SSSR count). The molecule has 0 bridgehead atoms. The minimum absolute atomic E-state index is 0.0816. The van der Waals surface area contributed by atoms with E-state index in [1.165, 1.54) is 0 Å². The van der Waals surface area contributed by atoms with Crippen LogP contribution in [0.25, 0.3) is 0 Å². The highest BCUT2D eigenvalue weighted by atomic mass is 16.6. The molecule has 0 saturated carbocycles. The average molecular weight is 359 g/mol. The number of aliphatic carboxylic acids is 1. The number of esters is 2. The zero-order valence-electron chi connectivity index (χ0n) is 15.9. The molecule has 0 aromatic carbocycles. The molecule has 25 heavy (non-hydrogen) atoms. The highest BCUT2D eigenvalue weighted by molar-refractivity contribution is 5.71. The van der Waals surface area contributed by atoms with Crippen LogP contribution in [0.1, 0.15) is 79.1 Å². The summed E-state index contributed by atoms with van der Waals surface area (Å²) in [5, 5.41) is 8.89. The number of hydrogen-bond donors (Lipinski definition) is 2. The van der Waals surface area contributed by atoms with Gasteiger partial charge in [-0.15, -0.1) is 0 Å². The topological polar surface area (TPSA) is 116 Å². The van der Waals surface area contributed by atoms with Crippen molar-refractivity contribution in [3.05, 3.63) is 0 Å². The molecule has 7 heteroatoms. The summed E-state index contributed by atoms with van der Waals surface area (Å²) >= 11 is 0. The predicted octanol–water partition coefficient (Wildman–Crippen LogP) is 2.79. The maximum atomic E-state index is 11.9. The van der Waals surface area contributed by atoms with Gasteiger partial charge in [0.1, 0.15) is 5.60 Å². The van der Waals surface area contributed by atoms with Gasteiger partial charge in [-0.25, -0.2) is 0 Å². The summed E-state index contributed by atoms with van der Waals surface area (Å²) in [6.07, 6.45) is 2.53. The fourth-order valence-corrected chi connectivity index (χ4v) is 2.23. The molecule has 0 fully saturated rings. The van der Waals surface area contributed by atoms with E-state index in [9.17, 15) is 14.4 Å². The molecule has 0 saturated heterocycles. The number of nitrogens with two attached hydrogens (primary N) is 1. The van der Waals surface area contributed by atoms with Crippen molar-refractivity contribution in [3.63, 3.8) is 0 Å². The summed E-state index contributed by atoms with van der Waals surface area (Å²) < 4.78 is 10.3. The van der Waals surface area contributed by atoms with Gasteiger partial charge in [-0.1, -0.05) is 13.3 Å². The molecule has 1 unspecified atom stereocenters. The first kappa shape index (κ1) is 23.4. The Kier molecular flexibility index (Phi) is 10.4. The van der Waals surface area contributed by atoms with Gasteiger partial charge in [-0.05, 0) is 46.5 Å². The van der Waals surface area contributed by atoms with Crippen LogP contribution in [0.2, 0.25) is 0 Å². The standard InChI is InChI=1S/C18H33NO6/c1-5-6-13-24-15(22)8-11-18(19,10-7-14(20)21)12-9-16(23)25-17(2,3)4/h5-13,19H2,1-4H3,(H,20,21). The number of carboxylic acids is 1. The van der Waals surface area contributed by atoms with Crippen LogP contribution in [-0.4, -0.2) is 40.8 Å². The van der Waals surface area contributed by atoms with Crippen molar-refractivity contribution in [1.82, 2.24) is 0 Å². The smallest absolute Gasteiger partial charge is 0.306 e. The predicted molar refractivity (Wildman–Crippen MR) is 94.0 cm³/mol. The number of unbranched alkanes of at least 4 members (excludes halogenated alkanes) is 1. The Labute approximate surface area is 150 Å². The van der Waals surface area contributed by atoms with Crippen LogP contribution in [0.15, 0.2) is 0 Å². The Balaban J connectivity index is 4.58. The maximum Gasteiger partial charge on any atom is 0.306 e. The number of carboxylic acid groups (broad SMARTS) is 1. The van der Waals surface area contributed by atoms with Crippen LogP contribution in [0.4, 0.5) is 0 Å². The Bertz CT molecular complexity index is 443. The van der Waals surface area contributed by atoms with Crippen molar-refractivity contribution in [2.45, 2.75) is 90.2 Å². The molecule has 7 nitrogen and oxygen atoms in total. The van der Waals surface area contributed by atoms with Crippen LogP contribution >= 0.6 is 0 Å². The van der Waals surface area contributed by atoms with Crippen LogP contribution in [0.3, 0.4) is 0 Å². The summed E-state index contributed by atoms with van der Waals surface area (Å²) in [7, 11) is 0. The molecule has 0 heterocycles. The number of ether oxygens (including phenoxy) is 2. The zero-order valence-corrected chi connectivity index (χ0v) is 15.9. The Morgan fingerprint density at radius 1 is 0.960 bits per heavy atom. The van der Waals surface area contributed by atoms with Crippen molar-refractivity contribution >= 4 is 17.9 Å². The van der Waals surface area contributed by atoms with Gasteiger partial charge in [-0.3, -0.25) is 14.4 Å². The molecule has 3 N–H and O–H groups in total. The third kappa shape index (κ3) is 13.3. The van der Waals surface area contributed by atoms with Crippen LogP contribution in [0.5, 0.6) is 0 Å². The van der Waals surface area contributed by atoms with E-state index >= 15 is 0 Å². The van der Waals surface area contributed by atoms with Gasteiger partial charge in [0.05, 0.1) is 6.61 Å². The van der Waals surface area contributed by atoms with E-state index in [2.05, 4.69) is 0 Å². The van der Waals surface area contributed by atoms with Crippen molar-refractivity contribution in [3.8, 4) is 0 Å². The van der Waals surface area contributed by atoms with Gasteiger partial charge in [-0.2, -0.15) is 0 Å². The maximum absolute atomic E-state index is 11.9. The first-order chi connectivity index (χ1) is 11.5. The molecule has 0 aliphatic carbocycles. The highest BCUT2D eigenvalue weighted by Crippen LogP contribution is 2.24. The van der Waals surface area contributed by atoms with Crippen molar-refractivity contribution in [2.75, 3.05) is 6.61 Å². The van der Waals surface area contributed by atoms with E-state index in [-0.39, 0.29) is 50.5 Å². The monoisotopic (exact) mass is 359 g/mol. The number of hydrogen-bond acceptors (Lipinski definition) is 6. The van der Waals surface area contributed by atoms with E-state index < -0.39 is 17.1 Å². The molecule has 0 spiro atoms. The lowest BCUT2D eigenvalue weighted by molar-refractivity contribution is -0.155. The summed E-state index contributed by atoms with van der Waals surface area (Å²) in [4.78, 5) is 34.5. The second-order valence-electron chi connectivity index (χ2n) is 7.42. The lowest BCUT2D eigenvalue weighted by Gasteiger charge is -2.29. The Hall–Kier alpha value is -1.63. The van der Waals surface area contributed by atoms with Crippen molar-refractivity contribution in [1.29, 1.82) is 0 Å². The first-order valence-electron chi connectivity index (χ1n) is 8.85. The number of carbonyl (C=O) groups is 3. The van der Waals surface area contributed by atoms with Crippen LogP contribution < -0.4 is 5.73 Å². The van der Waals surface area contributed by atoms with Crippen LogP contribution in [-0.2, 0) is 23.9 Å². The molecule has 0 radical (unpaired) electrons. The average Bonchev–Trinajstić information content (AvgIpc) is 2.48. The van der Waals surface area contributed by atoms with Gasteiger partial charge in [0, 0.05) is 24.8 Å². The lowest BCUT2D eigenvalue weighted by atomic mass is 9.85. The van der Waals surface area contributed by atoms with Gasteiger partial charge in [0.25, 0.3) is 0 Å². The van der Waals surface area contributed by atoms with Gasteiger partial charge >= 0.3 is 17.9 Å². The minimum atomic E-state index is -0.961. The van der Waals surface area contributed by atoms with Gasteiger partial charge < -0.3 is 20.3 Å². The largest absolute Gasteiger partial charge is 0.481 e. The summed E-state index contributed by atoms with van der Waals surface area (Å²) in [6, 6.07) is 0. The second kappa shape index (κ2) is 11.1. The highest BCUT2D eigenvalue weighted by Gasteiger charge is 2.29. The first-order valence-corrected chi connectivity index (χ1v) is 8.85. The van der Waals surface area contributed by atoms with Gasteiger partial charge in [0.2, 0.25) is 0 Å². The fraction of sp³-hybridized carbons (Fsp3) is 0.833. The molecular weight excluding hydrogens is 326 g/mol. The molecule has 1 atom stereocenters. The summed E-state index contributed by atoms with van der Waals surface area (Å²) in [6.45, 7) is 7.70. The zero-order chi connectivity index (χ0) is 19.5. The van der Waals surface area contributed by atoms with Gasteiger partial charge in [0.15, 0.2) is 0 Å². The molecule has 0 amide bonds. The minimum Gasteiger partial charge on any atom is -0.481 e. The molecule has 0 aliphatic heterocycles. The third-order valence-electron chi connectivity index (χ3n) is 3.67. The van der Waals surface area contributed by atoms with E-state index in [0.29, 0.717) is 6.61 Å².